The summed E-state index contributed by atoms with van der Waals surface area (Å²) in [5, 5.41) is 3.39. The summed E-state index contributed by atoms with van der Waals surface area (Å²) in [7, 11) is 1.66. The Morgan fingerprint density at radius 1 is 1.09 bits per heavy atom. The summed E-state index contributed by atoms with van der Waals surface area (Å²) in [5.41, 5.74) is 0.945. The minimum atomic E-state index is -0.272. The number of piperidine rings is 2. The van der Waals surface area contributed by atoms with Gasteiger partial charge in [0.15, 0.2) is 0 Å². The van der Waals surface area contributed by atoms with Crippen LogP contribution in [0.3, 0.4) is 0 Å². The van der Waals surface area contributed by atoms with Crippen molar-refractivity contribution in [2.45, 2.75) is 83.2 Å². The number of likely N-dealkylation sites (tertiary alicyclic amines) is 2. The van der Waals surface area contributed by atoms with Gasteiger partial charge in [-0.1, -0.05) is 44.4 Å². The molecule has 3 aliphatic rings. The summed E-state index contributed by atoms with van der Waals surface area (Å²) in [5.74, 6) is 1.62. The van der Waals surface area contributed by atoms with Gasteiger partial charge in [-0.15, -0.1) is 0 Å². The van der Waals surface area contributed by atoms with Gasteiger partial charge in [0.1, 0.15) is 5.75 Å². The maximum atomic E-state index is 13.6. The monoisotopic (exact) mass is 469 g/mol. The zero-order valence-electron chi connectivity index (χ0n) is 21.1. The van der Waals surface area contributed by atoms with Crippen LogP contribution in [-0.4, -0.2) is 60.9 Å². The molecule has 1 N–H and O–H groups in total. The zero-order valence-corrected chi connectivity index (χ0v) is 21.1. The van der Waals surface area contributed by atoms with Gasteiger partial charge < -0.3 is 19.9 Å². The quantitative estimate of drug-likeness (QED) is 0.577. The molecule has 2 aliphatic heterocycles. The van der Waals surface area contributed by atoms with E-state index < -0.39 is 0 Å². The van der Waals surface area contributed by atoms with Gasteiger partial charge in [-0.25, -0.2) is 0 Å². The van der Waals surface area contributed by atoms with Crippen molar-refractivity contribution in [2.24, 2.45) is 11.8 Å². The maximum absolute atomic E-state index is 13.6. The van der Waals surface area contributed by atoms with Crippen molar-refractivity contribution in [3.8, 4) is 5.75 Å². The summed E-state index contributed by atoms with van der Waals surface area (Å²) in [6.07, 6.45) is 10.6. The zero-order chi connectivity index (χ0) is 23.9. The SMILES string of the molecule is CCCCN1C(=O)CCC(C(=O)NC2CCN(CC3CCCC3)CC2)C1c1ccccc1OC. The van der Waals surface area contributed by atoms with Gasteiger partial charge in [-0.3, -0.25) is 9.59 Å². The lowest BCUT2D eigenvalue weighted by molar-refractivity contribution is -0.144. The van der Waals surface area contributed by atoms with Crippen molar-refractivity contribution in [3.05, 3.63) is 29.8 Å². The van der Waals surface area contributed by atoms with E-state index in [0.717, 1.165) is 56.0 Å². The smallest absolute Gasteiger partial charge is 0.225 e. The van der Waals surface area contributed by atoms with Gasteiger partial charge in [0.25, 0.3) is 0 Å². The number of hydrogen-bond donors (Lipinski definition) is 1. The van der Waals surface area contributed by atoms with E-state index in [0.29, 0.717) is 19.4 Å². The summed E-state index contributed by atoms with van der Waals surface area (Å²) in [6, 6.07) is 7.82. The fourth-order valence-corrected chi connectivity index (χ4v) is 6.24. The van der Waals surface area contributed by atoms with Crippen LogP contribution < -0.4 is 10.1 Å². The average Bonchev–Trinajstić information content (AvgIpc) is 3.37. The van der Waals surface area contributed by atoms with E-state index in [1.165, 1.54) is 32.2 Å². The average molecular weight is 470 g/mol. The Balaban J connectivity index is 1.43. The number of nitrogens with one attached hydrogen (secondary N) is 1. The van der Waals surface area contributed by atoms with E-state index in [2.05, 4.69) is 17.1 Å². The number of hydrogen-bond acceptors (Lipinski definition) is 4. The summed E-state index contributed by atoms with van der Waals surface area (Å²) < 4.78 is 5.66. The van der Waals surface area contributed by atoms with Crippen molar-refractivity contribution < 1.29 is 14.3 Å². The van der Waals surface area contributed by atoms with Crippen molar-refractivity contribution in [1.29, 1.82) is 0 Å². The van der Waals surface area contributed by atoms with E-state index in [-0.39, 0.29) is 29.8 Å². The molecule has 34 heavy (non-hydrogen) atoms. The Labute approximate surface area is 205 Å². The highest BCUT2D eigenvalue weighted by Crippen LogP contribution is 2.41. The molecule has 1 aromatic carbocycles. The predicted octanol–water partition coefficient (Wildman–Crippen LogP) is 4.55. The Hall–Kier alpha value is -2.08. The van der Waals surface area contributed by atoms with Gasteiger partial charge >= 0.3 is 0 Å². The van der Waals surface area contributed by atoms with Crippen molar-refractivity contribution in [2.75, 3.05) is 33.3 Å². The van der Waals surface area contributed by atoms with Crippen LogP contribution in [0.15, 0.2) is 24.3 Å². The van der Waals surface area contributed by atoms with Crippen molar-refractivity contribution in [1.82, 2.24) is 15.1 Å². The lowest BCUT2D eigenvalue weighted by Crippen LogP contribution is -2.52. The molecule has 0 radical (unpaired) electrons. The van der Waals surface area contributed by atoms with E-state index in [1.807, 2.05) is 29.2 Å². The molecule has 6 heteroatoms. The topological polar surface area (TPSA) is 61.9 Å². The standard InChI is InChI=1S/C28H43N3O3/c1-3-4-17-31-26(32)14-13-24(27(31)23-11-7-8-12-25(23)34-2)28(33)29-22-15-18-30(19-16-22)20-21-9-5-6-10-21/h7-8,11-12,21-22,24,27H,3-6,9-10,13-20H2,1-2H3,(H,29,33). The van der Waals surface area contributed by atoms with Crippen molar-refractivity contribution in [3.63, 3.8) is 0 Å². The first kappa shape index (κ1) is 25.0. The highest BCUT2D eigenvalue weighted by atomic mass is 16.5. The summed E-state index contributed by atoms with van der Waals surface area (Å²) in [6.45, 7) is 6.19. The van der Waals surface area contributed by atoms with E-state index in [4.69, 9.17) is 4.74 Å². The number of para-hydroxylation sites is 1. The van der Waals surface area contributed by atoms with Crippen LogP contribution in [0.1, 0.15) is 82.7 Å². The molecule has 0 aromatic heterocycles. The van der Waals surface area contributed by atoms with Gasteiger partial charge in [-0.05, 0) is 50.5 Å². The van der Waals surface area contributed by atoms with Gasteiger partial charge in [-0.2, -0.15) is 0 Å². The molecule has 0 spiro atoms. The number of benzene rings is 1. The molecule has 1 aromatic rings. The molecule has 4 rings (SSSR count). The second kappa shape index (κ2) is 12.1. The number of carbonyl (C=O) groups is 2. The molecule has 2 saturated heterocycles. The largest absolute Gasteiger partial charge is 0.496 e. The fraction of sp³-hybridized carbons (Fsp3) is 0.714. The Kier molecular flexibility index (Phi) is 8.87. The van der Waals surface area contributed by atoms with Gasteiger partial charge in [0, 0.05) is 44.2 Å². The normalized spacial score (nSPS) is 25.0. The number of ether oxygens (including phenoxy) is 1. The highest BCUT2D eigenvalue weighted by molar-refractivity contribution is 5.85. The minimum Gasteiger partial charge on any atom is -0.496 e. The Morgan fingerprint density at radius 2 is 1.82 bits per heavy atom. The van der Waals surface area contributed by atoms with E-state index in [1.54, 1.807) is 7.11 Å². The van der Waals surface area contributed by atoms with Crippen molar-refractivity contribution >= 4 is 11.8 Å². The van der Waals surface area contributed by atoms with Gasteiger partial charge in [0.05, 0.1) is 19.1 Å². The number of nitrogens with zero attached hydrogens (tertiary/aromatic N) is 2. The van der Waals surface area contributed by atoms with Crippen LogP contribution in [0, 0.1) is 11.8 Å². The second-order valence-corrected chi connectivity index (χ2v) is 10.5. The molecule has 188 valence electrons. The van der Waals surface area contributed by atoms with Crippen LogP contribution in [0.25, 0.3) is 0 Å². The predicted molar refractivity (Wildman–Crippen MR) is 135 cm³/mol. The summed E-state index contributed by atoms with van der Waals surface area (Å²) in [4.78, 5) is 31.1. The first-order valence-electron chi connectivity index (χ1n) is 13.6. The van der Waals surface area contributed by atoms with E-state index in [9.17, 15) is 9.59 Å². The lowest BCUT2D eigenvalue weighted by atomic mass is 9.82. The van der Waals surface area contributed by atoms with Crippen LogP contribution in [-0.2, 0) is 9.59 Å². The number of rotatable bonds is 9. The number of amides is 2. The van der Waals surface area contributed by atoms with Crippen LogP contribution in [0.4, 0.5) is 0 Å². The summed E-state index contributed by atoms with van der Waals surface area (Å²) >= 11 is 0. The Morgan fingerprint density at radius 3 is 2.53 bits per heavy atom. The number of unbranched alkanes of at least 4 members (excludes halogenated alkanes) is 1. The molecule has 0 bridgehead atoms. The number of carbonyl (C=O) groups excluding carboxylic acids is 2. The van der Waals surface area contributed by atoms with Crippen LogP contribution in [0.5, 0.6) is 5.75 Å². The molecule has 2 heterocycles. The molecular formula is C28H43N3O3. The molecule has 2 amide bonds. The maximum Gasteiger partial charge on any atom is 0.225 e. The molecular weight excluding hydrogens is 426 g/mol. The minimum absolute atomic E-state index is 0.0964. The molecule has 2 unspecified atom stereocenters. The number of methoxy groups -OCH3 is 1. The second-order valence-electron chi connectivity index (χ2n) is 10.5. The lowest BCUT2D eigenvalue weighted by Gasteiger charge is -2.42. The third-order valence-electron chi connectivity index (χ3n) is 8.18. The van der Waals surface area contributed by atoms with Gasteiger partial charge in [0.2, 0.25) is 11.8 Å². The first-order chi connectivity index (χ1) is 16.6. The Bertz CT molecular complexity index is 815. The molecule has 6 nitrogen and oxygen atoms in total. The molecule has 1 aliphatic carbocycles. The first-order valence-corrected chi connectivity index (χ1v) is 13.6. The highest BCUT2D eigenvalue weighted by Gasteiger charge is 2.42. The third-order valence-corrected chi connectivity index (χ3v) is 8.18. The van der Waals surface area contributed by atoms with Crippen LogP contribution in [0.2, 0.25) is 0 Å². The molecule has 3 fully saturated rings. The van der Waals surface area contributed by atoms with E-state index >= 15 is 0 Å². The van der Waals surface area contributed by atoms with Crippen LogP contribution >= 0.6 is 0 Å². The molecule has 2 atom stereocenters. The third kappa shape index (κ3) is 5.94. The fourth-order valence-electron chi connectivity index (χ4n) is 6.24. The molecule has 1 saturated carbocycles.